The number of benzene rings is 3. The van der Waals surface area contributed by atoms with E-state index in [9.17, 15) is 14.7 Å². The zero-order valence-electron chi connectivity index (χ0n) is 21.2. The number of carbonyl (C=O) groups is 2. The Morgan fingerprint density at radius 2 is 1.42 bits per heavy atom. The van der Waals surface area contributed by atoms with Crippen LogP contribution in [0.25, 0.3) is 5.76 Å². The molecule has 0 saturated carbocycles. The number of carbonyl (C=O) groups excluding carboxylic acids is 2. The van der Waals surface area contributed by atoms with Crippen LogP contribution in [-0.4, -0.2) is 30.0 Å². The summed E-state index contributed by atoms with van der Waals surface area (Å²) in [6, 6.07) is 20.8. The number of anilines is 1. The molecule has 1 saturated heterocycles. The molecule has 1 N–H and O–H groups in total. The number of ketones is 1. The molecule has 3 aromatic rings. The van der Waals surface area contributed by atoms with Crippen LogP contribution in [0.15, 0.2) is 78.4 Å². The van der Waals surface area contributed by atoms with Crippen molar-refractivity contribution in [1.82, 2.24) is 0 Å². The van der Waals surface area contributed by atoms with Gasteiger partial charge in [-0.1, -0.05) is 38.1 Å². The molecule has 1 atom stereocenters. The van der Waals surface area contributed by atoms with Crippen LogP contribution in [0, 0.1) is 0 Å². The molecule has 3 aromatic carbocycles. The van der Waals surface area contributed by atoms with Crippen molar-refractivity contribution in [1.29, 1.82) is 0 Å². The van der Waals surface area contributed by atoms with Crippen molar-refractivity contribution in [3.63, 3.8) is 0 Å². The predicted molar refractivity (Wildman–Crippen MR) is 141 cm³/mol. The molecular formula is C30H31NO5. The Kier molecular flexibility index (Phi) is 7.15. The van der Waals surface area contributed by atoms with E-state index in [0.717, 1.165) is 5.56 Å². The van der Waals surface area contributed by atoms with Gasteiger partial charge in [-0.3, -0.25) is 14.5 Å². The molecule has 1 unspecified atom stereocenters. The number of amides is 1. The van der Waals surface area contributed by atoms with Crippen LogP contribution in [0.3, 0.4) is 0 Å². The number of nitrogens with zero attached hydrogens (tertiary/aromatic N) is 1. The summed E-state index contributed by atoms with van der Waals surface area (Å²) in [7, 11) is 1.55. The first-order valence-electron chi connectivity index (χ1n) is 12.0. The van der Waals surface area contributed by atoms with Gasteiger partial charge in [0.2, 0.25) is 0 Å². The van der Waals surface area contributed by atoms with E-state index in [0.29, 0.717) is 34.2 Å². The molecule has 36 heavy (non-hydrogen) atoms. The van der Waals surface area contributed by atoms with E-state index < -0.39 is 17.7 Å². The molecule has 0 aliphatic carbocycles. The third-order valence-electron chi connectivity index (χ3n) is 6.21. The monoisotopic (exact) mass is 485 g/mol. The SMILES string of the molecule is COc1ccc(/C(O)=C2\C(=O)C(=O)N(c3ccc(C(C)C)cc3)C2c2ccc(OC(C)C)cc2)cc1. The summed E-state index contributed by atoms with van der Waals surface area (Å²) in [6.07, 6.45) is 0.0102. The number of methoxy groups -OCH3 is 1. The fourth-order valence-corrected chi connectivity index (χ4v) is 4.34. The second-order valence-electron chi connectivity index (χ2n) is 9.38. The Morgan fingerprint density at radius 1 is 0.833 bits per heavy atom. The van der Waals surface area contributed by atoms with Crippen LogP contribution < -0.4 is 14.4 Å². The number of hydrogen-bond acceptors (Lipinski definition) is 5. The molecule has 0 spiro atoms. The molecular weight excluding hydrogens is 454 g/mol. The van der Waals surface area contributed by atoms with Gasteiger partial charge in [-0.25, -0.2) is 0 Å². The summed E-state index contributed by atoms with van der Waals surface area (Å²) < 4.78 is 11.0. The smallest absolute Gasteiger partial charge is 0.300 e. The lowest BCUT2D eigenvalue weighted by Gasteiger charge is -2.26. The standard InChI is InChI=1S/C30H31NO5/c1-18(2)20-6-12-23(13-7-20)31-27(21-8-16-25(17-9-21)36-19(3)4)26(29(33)30(31)34)28(32)22-10-14-24(35-5)15-11-22/h6-19,27,32H,1-5H3/b28-26+. The molecule has 1 fully saturated rings. The van der Waals surface area contributed by atoms with Gasteiger partial charge >= 0.3 is 0 Å². The Labute approximate surface area is 211 Å². The molecule has 0 aromatic heterocycles. The van der Waals surface area contributed by atoms with E-state index in [1.54, 1.807) is 31.4 Å². The largest absolute Gasteiger partial charge is 0.507 e. The van der Waals surface area contributed by atoms with E-state index >= 15 is 0 Å². The maximum Gasteiger partial charge on any atom is 0.300 e. The topological polar surface area (TPSA) is 76.1 Å². The van der Waals surface area contributed by atoms with Crippen LogP contribution in [0.4, 0.5) is 5.69 Å². The van der Waals surface area contributed by atoms with Crippen molar-refractivity contribution in [3.8, 4) is 11.5 Å². The fourth-order valence-electron chi connectivity index (χ4n) is 4.34. The summed E-state index contributed by atoms with van der Waals surface area (Å²) in [5, 5.41) is 11.3. The normalized spacial score (nSPS) is 17.2. The zero-order chi connectivity index (χ0) is 26.0. The Hall–Kier alpha value is -4.06. The van der Waals surface area contributed by atoms with E-state index in [-0.39, 0.29) is 17.4 Å². The van der Waals surface area contributed by atoms with Gasteiger partial charge in [-0.05, 0) is 79.4 Å². The van der Waals surface area contributed by atoms with E-state index in [4.69, 9.17) is 9.47 Å². The van der Waals surface area contributed by atoms with Crippen LogP contribution in [0.1, 0.15) is 56.3 Å². The van der Waals surface area contributed by atoms with Crippen LogP contribution >= 0.6 is 0 Å². The highest BCUT2D eigenvalue weighted by Gasteiger charge is 2.47. The minimum atomic E-state index is -0.801. The Bertz CT molecular complexity index is 1270. The predicted octanol–water partition coefficient (Wildman–Crippen LogP) is 6.23. The van der Waals surface area contributed by atoms with Crippen LogP contribution in [0.5, 0.6) is 11.5 Å². The maximum absolute atomic E-state index is 13.4. The van der Waals surface area contributed by atoms with Crippen LogP contribution in [0.2, 0.25) is 0 Å². The lowest BCUT2D eigenvalue weighted by atomic mass is 9.95. The van der Waals surface area contributed by atoms with Gasteiger partial charge in [0, 0.05) is 11.3 Å². The number of Topliss-reactive ketones (excluding diaryl/α,β-unsaturated/α-hetero) is 1. The average Bonchev–Trinajstić information content (AvgIpc) is 3.14. The number of aliphatic hydroxyl groups is 1. The molecule has 6 heteroatoms. The van der Waals surface area contributed by atoms with Gasteiger partial charge < -0.3 is 14.6 Å². The van der Waals surface area contributed by atoms with Gasteiger partial charge in [-0.15, -0.1) is 0 Å². The van der Waals surface area contributed by atoms with Gasteiger partial charge in [0.05, 0.1) is 24.8 Å². The second-order valence-corrected chi connectivity index (χ2v) is 9.38. The molecule has 0 radical (unpaired) electrons. The highest BCUT2D eigenvalue weighted by molar-refractivity contribution is 6.51. The first-order chi connectivity index (χ1) is 17.2. The van der Waals surface area contributed by atoms with Gasteiger partial charge in [0.1, 0.15) is 17.3 Å². The molecule has 1 aliphatic rings. The van der Waals surface area contributed by atoms with E-state index in [1.165, 1.54) is 4.90 Å². The third kappa shape index (κ3) is 4.85. The molecule has 1 amide bonds. The summed E-state index contributed by atoms with van der Waals surface area (Å²) in [5.74, 6) is -0.0195. The highest BCUT2D eigenvalue weighted by atomic mass is 16.5. The molecule has 0 bridgehead atoms. The summed E-state index contributed by atoms with van der Waals surface area (Å²) in [6.45, 7) is 8.07. The first kappa shape index (κ1) is 25.0. The highest BCUT2D eigenvalue weighted by Crippen LogP contribution is 2.42. The summed E-state index contributed by atoms with van der Waals surface area (Å²) in [4.78, 5) is 28.2. The first-order valence-corrected chi connectivity index (χ1v) is 12.0. The number of ether oxygens (including phenoxy) is 2. The van der Waals surface area contributed by atoms with Crippen molar-refractivity contribution in [2.75, 3.05) is 12.0 Å². The lowest BCUT2D eigenvalue weighted by Crippen LogP contribution is -2.29. The molecule has 6 nitrogen and oxygen atoms in total. The minimum Gasteiger partial charge on any atom is -0.507 e. The lowest BCUT2D eigenvalue weighted by molar-refractivity contribution is -0.132. The number of rotatable bonds is 7. The zero-order valence-corrected chi connectivity index (χ0v) is 21.2. The second kappa shape index (κ2) is 10.3. The van der Waals surface area contributed by atoms with E-state index in [2.05, 4.69) is 13.8 Å². The average molecular weight is 486 g/mol. The van der Waals surface area contributed by atoms with Crippen LogP contribution in [-0.2, 0) is 9.59 Å². The fraction of sp³-hybridized carbons (Fsp3) is 0.267. The quantitative estimate of drug-likeness (QED) is 0.244. The summed E-state index contributed by atoms with van der Waals surface area (Å²) in [5.41, 5.74) is 2.86. The van der Waals surface area contributed by atoms with Crippen molar-refractivity contribution in [2.24, 2.45) is 0 Å². The number of aliphatic hydroxyl groups excluding tert-OH is 1. The molecule has 1 aliphatic heterocycles. The van der Waals surface area contributed by atoms with Crippen molar-refractivity contribution in [3.05, 3.63) is 95.1 Å². The van der Waals surface area contributed by atoms with Crippen molar-refractivity contribution >= 4 is 23.1 Å². The minimum absolute atomic E-state index is 0.0102. The number of hydrogen-bond donors (Lipinski definition) is 1. The third-order valence-corrected chi connectivity index (χ3v) is 6.21. The van der Waals surface area contributed by atoms with Gasteiger partial charge in [-0.2, -0.15) is 0 Å². The Balaban J connectivity index is 1.85. The van der Waals surface area contributed by atoms with Gasteiger partial charge in [0.25, 0.3) is 11.7 Å². The van der Waals surface area contributed by atoms with Crippen molar-refractivity contribution in [2.45, 2.75) is 45.8 Å². The molecule has 1 heterocycles. The molecule has 186 valence electrons. The Morgan fingerprint density at radius 3 is 1.94 bits per heavy atom. The van der Waals surface area contributed by atoms with E-state index in [1.807, 2.05) is 62.4 Å². The van der Waals surface area contributed by atoms with Crippen molar-refractivity contribution < 1.29 is 24.2 Å². The summed E-state index contributed by atoms with van der Waals surface area (Å²) >= 11 is 0. The maximum atomic E-state index is 13.4. The van der Waals surface area contributed by atoms with Gasteiger partial charge in [0.15, 0.2) is 0 Å². The molecule has 4 rings (SSSR count).